The van der Waals surface area contributed by atoms with Gasteiger partial charge in [-0.3, -0.25) is 0 Å². The van der Waals surface area contributed by atoms with Crippen LogP contribution in [0.3, 0.4) is 0 Å². The van der Waals surface area contributed by atoms with Gasteiger partial charge in [-0.25, -0.2) is 13.1 Å². The lowest BCUT2D eigenvalue weighted by molar-refractivity contribution is -0.114. The molecule has 0 aliphatic carbocycles. The summed E-state index contributed by atoms with van der Waals surface area (Å²) in [5.74, 6) is 0. The molecule has 0 amide bonds. The Balaban J connectivity index is 2.70. The fraction of sp³-hybridized carbons (Fsp3) is 1.00. The first kappa shape index (κ1) is 12.9. The van der Waals surface area contributed by atoms with E-state index in [1.54, 1.807) is 20.8 Å². The van der Waals surface area contributed by atoms with Crippen LogP contribution in [0.1, 0.15) is 34.6 Å². The van der Waals surface area contributed by atoms with Crippen LogP contribution in [0.5, 0.6) is 0 Å². The highest BCUT2D eigenvalue weighted by atomic mass is 32.2. The van der Waals surface area contributed by atoms with Gasteiger partial charge in [-0.1, -0.05) is 6.92 Å². The van der Waals surface area contributed by atoms with Gasteiger partial charge in [-0.15, -0.1) is 0 Å². The molecule has 1 aliphatic rings. The molecule has 4 nitrogen and oxygen atoms in total. The van der Waals surface area contributed by atoms with E-state index in [-0.39, 0.29) is 11.5 Å². The lowest BCUT2D eigenvalue weighted by Crippen LogP contribution is -2.57. The molecular formula is C10H21NO3S. The maximum atomic E-state index is 11.9. The number of ether oxygens (including phenoxy) is 1. The van der Waals surface area contributed by atoms with Crippen molar-refractivity contribution in [1.82, 2.24) is 4.72 Å². The van der Waals surface area contributed by atoms with Crippen molar-refractivity contribution in [3.05, 3.63) is 0 Å². The smallest absolute Gasteiger partial charge is 0.216 e. The summed E-state index contributed by atoms with van der Waals surface area (Å²) >= 11 is 0. The third-order valence-electron chi connectivity index (χ3n) is 3.05. The van der Waals surface area contributed by atoms with Gasteiger partial charge < -0.3 is 4.74 Å². The highest BCUT2D eigenvalue weighted by molar-refractivity contribution is 7.90. The predicted octanol–water partition coefficient (Wildman–Crippen LogP) is 1.13. The second-order valence-electron chi connectivity index (χ2n) is 5.60. The second kappa shape index (κ2) is 3.71. The largest absolute Gasteiger partial charge is 0.380 e. The average Bonchev–Trinajstić information content (AvgIpc) is 1.96. The molecule has 1 fully saturated rings. The first-order valence-corrected chi connectivity index (χ1v) is 6.66. The van der Waals surface area contributed by atoms with E-state index in [2.05, 4.69) is 4.72 Å². The minimum atomic E-state index is -3.26. The third kappa shape index (κ3) is 2.52. The normalized spacial score (nSPS) is 23.3. The molecule has 1 N–H and O–H groups in total. The molecule has 0 radical (unpaired) electrons. The Morgan fingerprint density at radius 1 is 1.33 bits per heavy atom. The van der Waals surface area contributed by atoms with Crippen LogP contribution in [0, 0.1) is 5.41 Å². The molecule has 0 bridgehead atoms. The molecule has 0 aromatic rings. The Morgan fingerprint density at radius 3 is 2.07 bits per heavy atom. The quantitative estimate of drug-likeness (QED) is 0.798. The minimum absolute atomic E-state index is 0.0572. The standard InChI is InChI=1S/C10H21NO3S/c1-8(10(5)6-14-7-10)11-15(12,13)9(2,3)4/h8,11H,6-7H2,1-5H3. The summed E-state index contributed by atoms with van der Waals surface area (Å²) in [7, 11) is -3.26. The zero-order valence-electron chi connectivity index (χ0n) is 10.1. The topological polar surface area (TPSA) is 55.4 Å². The van der Waals surface area contributed by atoms with Crippen molar-refractivity contribution in [2.75, 3.05) is 13.2 Å². The Morgan fingerprint density at radius 2 is 1.80 bits per heavy atom. The van der Waals surface area contributed by atoms with Gasteiger partial charge >= 0.3 is 0 Å². The second-order valence-corrected chi connectivity index (χ2v) is 8.07. The first-order valence-electron chi connectivity index (χ1n) is 5.18. The van der Waals surface area contributed by atoms with Crippen LogP contribution in [0.15, 0.2) is 0 Å². The molecule has 0 saturated carbocycles. The summed E-state index contributed by atoms with van der Waals surface area (Å²) in [4.78, 5) is 0. The molecule has 15 heavy (non-hydrogen) atoms. The molecule has 5 heteroatoms. The average molecular weight is 235 g/mol. The van der Waals surface area contributed by atoms with Gasteiger partial charge in [0.1, 0.15) is 0 Å². The van der Waals surface area contributed by atoms with Crippen molar-refractivity contribution >= 4 is 10.0 Å². The summed E-state index contributed by atoms with van der Waals surface area (Å²) in [6.07, 6.45) is 0. The van der Waals surface area contributed by atoms with Gasteiger partial charge in [-0.2, -0.15) is 0 Å². The van der Waals surface area contributed by atoms with Crippen molar-refractivity contribution in [2.24, 2.45) is 5.41 Å². The lowest BCUT2D eigenvalue weighted by Gasteiger charge is -2.43. The fourth-order valence-electron chi connectivity index (χ4n) is 1.23. The zero-order valence-corrected chi connectivity index (χ0v) is 10.9. The maximum absolute atomic E-state index is 11.9. The number of hydrogen-bond donors (Lipinski definition) is 1. The molecule has 1 atom stereocenters. The fourth-order valence-corrected chi connectivity index (χ4v) is 2.33. The Labute approximate surface area is 92.4 Å². The van der Waals surface area contributed by atoms with Crippen molar-refractivity contribution in [2.45, 2.75) is 45.4 Å². The third-order valence-corrected chi connectivity index (χ3v) is 5.32. The molecular weight excluding hydrogens is 214 g/mol. The van der Waals surface area contributed by atoms with Crippen molar-refractivity contribution in [3.8, 4) is 0 Å². The van der Waals surface area contributed by atoms with Crippen LogP contribution in [-0.2, 0) is 14.8 Å². The van der Waals surface area contributed by atoms with E-state index < -0.39 is 14.8 Å². The number of nitrogens with one attached hydrogen (secondary N) is 1. The van der Waals surface area contributed by atoms with Gasteiger partial charge in [0, 0.05) is 11.5 Å². The maximum Gasteiger partial charge on any atom is 0.216 e. The van der Waals surface area contributed by atoms with Gasteiger partial charge in [-0.05, 0) is 27.7 Å². The SMILES string of the molecule is CC(NS(=O)(=O)C(C)(C)C)C1(C)COC1. The molecule has 1 heterocycles. The molecule has 1 aliphatic heterocycles. The van der Waals surface area contributed by atoms with E-state index in [1.165, 1.54) is 0 Å². The van der Waals surface area contributed by atoms with E-state index >= 15 is 0 Å². The van der Waals surface area contributed by atoms with Crippen molar-refractivity contribution in [3.63, 3.8) is 0 Å². The predicted molar refractivity (Wildman–Crippen MR) is 60.2 cm³/mol. The molecule has 0 aromatic carbocycles. The number of sulfonamides is 1. The Kier molecular flexibility index (Phi) is 3.20. The lowest BCUT2D eigenvalue weighted by atomic mass is 9.82. The molecule has 1 rings (SSSR count). The van der Waals surface area contributed by atoms with Crippen LogP contribution in [0.4, 0.5) is 0 Å². The highest BCUT2D eigenvalue weighted by Crippen LogP contribution is 2.31. The van der Waals surface area contributed by atoms with E-state index in [9.17, 15) is 8.42 Å². The van der Waals surface area contributed by atoms with Gasteiger partial charge in [0.15, 0.2) is 0 Å². The summed E-state index contributed by atoms with van der Waals surface area (Å²) in [6.45, 7) is 10.3. The van der Waals surface area contributed by atoms with Crippen molar-refractivity contribution in [1.29, 1.82) is 0 Å². The minimum Gasteiger partial charge on any atom is -0.380 e. The van der Waals surface area contributed by atoms with Crippen LogP contribution in [-0.4, -0.2) is 32.4 Å². The first-order chi connectivity index (χ1) is 6.58. The number of rotatable bonds is 3. The van der Waals surface area contributed by atoms with Crippen LogP contribution in [0.25, 0.3) is 0 Å². The molecule has 1 unspecified atom stereocenters. The van der Waals surface area contributed by atoms with E-state index in [0.717, 1.165) is 0 Å². The van der Waals surface area contributed by atoms with E-state index in [1.807, 2.05) is 13.8 Å². The van der Waals surface area contributed by atoms with Gasteiger partial charge in [0.25, 0.3) is 0 Å². The van der Waals surface area contributed by atoms with Gasteiger partial charge in [0.2, 0.25) is 10.0 Å². The monoisotopic (exact) mass is 235 g/mol. The molecule has 1 saturated heterocycles. The molecule has 0 spiro atoms. The molecule has 0 aromatic heterocycles. The summed E-state index contributed by atoms with van der Waals surface area (Å²) in [5, 5.41) is 0. The van der Waals surface area contributed by atoms with Crippen LogP contribution >= 0.6 is 0 Å². The summed E-state index contributed by atoms with van der Waals surface area (Å²) in [5.41, 5.74) is -0.0572. The van der Waals surface area contributed by atoms with Crippen molar-refractivity contribution < 1.29 is 13.2 Å². The Hall–Kier alpha value is -0.130. The van der Waals surface area contributed by atoms with E-state index in [4.69, 9.17) is 4.74 Å². The highest BCUT2D eigenvalue weighted by Gasteiger charge is 2.42. The van der Waals surface area contributed by atoms with Gasteiger partial charge in [0.05, 0.1) is 18.0 Å². The zero-order chi connectivity index (χ0) is 11.9. The van der Waals surface area contributed by atoms with Crippen LogP contribution < -0.4 is 4.72 Å². The molecule has 90 valence electrons. The summed E-state index contributed by atoms with van der Waals surface area (Å²) < 4.78 is 30.9. The summed E-state index contributed by atoms with van der Waals surface area (Å²) in [6, 6.07) is -0.0875. The Bertz CT molecular complexity index is 325. The number of hydrogen-bond acceptors (Lipinski definition) is 3. The van der Waals surface area contributed by atoms with E-state index in [0.29, 0.717) is 13.2 Å². The van der Waals surface area contributed by atoms with Crippen LogP contribution in [0.2, 0.25) is 0 Å².